The molecule has 0 bridgehead atoms. The summed E-state index contributed by atoms with van der Waals surface area (Å²) in [5.74, 6) is 2.72. The quantitative estimate of drug-likeness (QED) is 0.0866. The Morgan fingerprint density at radius 2 is 0.957 bits per heavy atom. The van der Waals surface area contributed by atoms with Crippen LogP contribution >= 0.6 is 0 Å². The Labute approximate surface area is 277 Å². The topological polar surface area (TPSA) is 31.6 Å². The number of unbranched alkanes of at least 4 members (excludes halogenated alkanes) is 2. The lowest BCUT2D eigenvalue weighted by Gasteiger charge is -2.41. The first kappa shape index (κ1) is 34.6. The molecule has 5 aromatic rings. The number of ether oxygens (including phenoxy) is 3. The van der Waals surface area contributed by atoms with Gasteiger partial charge < -0.3 is 14.2 Å². The van der Waals surface area contributed by atoms with E-state index in [1.807, 2.05) is 0 Å². The molecule has 0 aliphatic carbocycles. The maximum atomic E-state index is 5.38. The fourth-order valence-electron chi connectivity index (χ4n) is 6.69. The van der Waals surface area contributed by atoms with Crippen LogP contribution in [-0.4, -0.2) is 27.5 Å². The number of pyridine rings is 1. The molecule has 5 rings (SSSR count). The summed E-state index contributed by atoms with van der Waals surface area (Å²) in [5, 5.41) is 1.33. The molecule has 0 N–H and O–H groups in total. The van der Waals surface area contributed by atoms with Crippen LogP contribution < -0.4 is 18.8 Å². The number of methoxy groups -OCH3 is 3. The van der Waals surface area contributed by atoms with Crippen LogP contribution in [0.15, 0.2) is 115 Å². The van der Waals surface area contributed by atoms with Gasteiger partial charge in [-0.3, -0.25) is 0 Å². The van der Waals surface area contributed by atoms with Gasteiger partial charge in [0, 0.05) is 30.1 Å². The molecule has 1 aromatic heterocycles. The van der Waals surface area contributed by atoms with Gasteiger partial charge in [0.25, 0.3) is 0 Å². The molecule has 0 saturated carbocycles. The van der Waals surface area contributed by atoms with Gasteiger partial charge in [0.15, 0.2) is 6.20 Å². The van der Waals surface area contributed by atoms with Crippen molar-refractivity contribution in [2.24, 2.45) is 0 Å². The minimum absolute atomic E-state index is 0.720. The largest absolute Gasteiger partial charge is 0.497 e. The fraction of sp³-hybridized carbons (Fsp3) is 0.341. The predicted octanol–water partition coefficient (Wildman–Crippen LogP) is 9.53. The zero-order valence-electron chi connectivity index (χ0n) is 28.6. The van der Waals surface area contributed by atoms with Crippen molar-refractivity contribution in [2.75, 3.05) is 21.3 Å². The van der Waals surface area contributed by atoms with Crippen LogP contribution in [0.3, 0.4) is 0 Å². The van der Waals surface area contributed by atoms with E-state index in [0.29, 0.717) is 0 Å². The maximum absolute atomic E-state index is 5.38. The number of hydrogen-bond donors (Lipinski definition) is 0. The Kier molecular flexibility index (Phi) is 13.6. The van der Waals surface area contributed by atoms with Crippen LogP contribution in [0.25, 0.3) is 10.9 Å². The Hall–Kier alpha value is -4.25. The van der Waals surface area contributed by atoms with Crippen molar-refractivity contribution >= 4 is 17.0 Å². The molecule has 0 aliphatic rings. The molecule has 0 fully saturated rings. The van der Waals surface area contributed by atoms with Gasteiger partial charge in [0.2, 0.25) is 5.52 Å². The molecule has 0 aliphatic heterocycles. The van der Waals surface area contributed by atoms with Gasteiger partial charge in [-0.15, -0.1) is 0 Å². The van der Waals surface area contributed by atoms with Crippen LogP contribution in [0, 0.1) is 0 Å². The van der Waals surface area contributed by atoms with Gasteiger partial charge in [0.1, 0.15) is 23.8 Å². The Bertz CT molecular complexity index is 1460. The van der Waals surface area contributed by atoms with Crippen molar-refractivity contribution in [3.05, 3.63) is 132 Å². The summed E-state index contributed by atoms with van der Waals surface area (Å²) < 4.78 is 18.5. The minimum Gasteiger partial charge on any atom is -0.497 e. The predicted molar refractivity (Wildman–Crippen MR) is 195 cm³/mol. The second-order valence-electron chi connectivity index (χ2n) is 12.6. The number of benzene rings is 4. The third-order valence-corrected chi connectivity index (χ3v) is 9.19. The lowest BCUT2D eigenvalue weighted by Crippen LogP contribution is -2.43. The lowest BCUT2D eigenvalue weighted by molar-refractivity contribution is -0.671. The van der Waals surface area contributed by atoms with E-state index in [4.69, 9.17) is 14.2 Å². The van der Waals surface area contributed by atoms with Crippen LogP contribution in [0.1, 0.15) is 56.2 Å². The molecule has 0 amide bonds. The number of para-hydroxylation sites is 1. The third kappa shape index (κ3) is 10.1. The van der Waals surface area contributed by atoms with Gasteiger partial charge in [-0.05, 0) is 48.5 Å². The summed E-state index contributed by atoms with van der Waals surface area (Å²) in [6.07, 6.45) is 10.9. The van der Waals surface area contributed by atoms with Gasteiger partial charge in [-0.1, -0.05) is 98.3 Å². The van der Waals surface area contributed by atoms with Gasteiger partial charge >= 0.3 is 0 Å². The molecule has 0 atom stereocenters. The van der Waals surface area contributed by atoms with E-state index in [1.165, 1.54) is 59.6 Å². The molecule has 4 nitrogen and oxygen atoms in total. The van der Waals surface area contributed by atoms with Crippen molar-refractivity contribution in [3.8, 4) is 17.2 Å². The van der Waals surface area contributed by atoms with Crippen molar-refractivity contribution in [1.82, 2.24) is 0 Å². The summed E-state index contributed by atoms with van der Waals surface area (Å²) in [4.78, 5) is 0. The summed E-state index contributed by atoms with van der Waals surface area (Å²) in [6.45, 7) is 5.64. The number of fused-ring (bicyclic) bond motifs is 1. The number of aromatic nitrogens is 1. The van der Waals surface area contributed by atoms with E-state index in [0.717, 1.165) is 42.8 Å². The monoisotopic (exact) mass is 617 g/mol. The number of aryl methyl sites for hydroxylation is 1. The van der Waals surface area contributed by atoms with Crippen LogP contribution in [-0.2, 0) is 25.5 Å². The van der Waals surface area contributed by atoms with E-state index in [2.05, 4.69) is 134 Å². The van der Waals surface area contributed by atoms with E-state index in [1.54, 1.807) is 21.3 Å². The number of hydrogen-bond acceptors (Lipinski definition) is 3. The van der Waals surface area contributed by atoms with Crippen LogP contribution in [0.2, 0.25) is 6.32 Å². The first-order chi connectivity index (χ1) is 22.5. The van der Waals surface area contributed by atoms with Crippen LogP contribution in [0.5, 0.6) is 17.2 Å². The zero-order valence-corrected chi connectivity index (χ0v) is 28.6. The average Bonchev–Trinajstić information content (AvgIpc) is 3.11. The minimum atomic E-state index is -0.720. The lowest BCUT2D eigenvalue weighted by atomic mass is 9.16. The molecule has 0 saturated heterocycles. The molecule has 46 heavy (non-hydrogen) atoms. The zero-order chi connectivity index (χ0) is 32.6. The third-order valence-electron chi connectivity index (χ3n) is 9.19. The Morgan fingerprint density at radius 1 is 0.522 bits per heavy atom. The number of rotatable bonds is 15. The second kappa shape index (κ2) is 18.0. The van der Waals surface area contributed by atoms with E-state index >= 15 is 0 Å². The molecule has 0 spiro atoms. The normalized spacial score (nSPS) is 11.1. The Morgan fingerprint density at radius 3 is 1.39 bits per heavy atom. The standard InChI is InChI=1S/C28H36BO3.C13H16N/c1-5-6-19-29(20-23-7-13-26(30-2)14-8-23,21-24-9-15-27(31-3)16-10-24)22-25-11-17-28(32-4)18-12-25;1-2-3-10-14-11-6-8-12-7-4-5-9-13(12)14/h7-18H,5-6,19-22H2,1-4H3;4-9,11H,2-3,10H2,1H3/q-1;+1. The highest BCUT2D eigenvalue weighted by molar-refractivity contribution is 6.78. The highest BCUT2D eigenvalue weighted by Crippen LogP contribution is 2.30. The van der Waals surface area contributed by atoms with E-state index in [9.17, 15) is 0 Å². The summed E-state index contributed by atoms with van der Waals surface area (Å²) in [6, 6.07) is 38.7. The average molecular weight is 618 g/mol. The van der Waals surface area contributed by atoms with Crippen molar-refractivity contribution in [3.63, 3.8) is 0 Å². The summed E-state index contributed by atoms with van der Waals surface area (Å²) >= 11 is 0. The second-order valence-corrected chi connectivity index (χ2v) is 12.6. The first-order valence-corrected chi connectivity index (χ1v) is 17.0. The van der Waals surface area contributed by atoms with Crippen LogP contribution in [0.4, 0.5) is 0 Å². The molecule has 242 valence electrons. The summed E-state index contributed by atoms with van der Waals surface area (Å²) in [7, 11) is 5.16. The fourth-order valence-corrected chi connectivity index (χ4v) is 6.69. The molecule has 1 heterocycles. The van der Waals surface area contributed by atoms with E-state index < -0.39 is 6.15 Å². The van der Waals surface area contributed by atoms with Crippen molar-refractivity contribution in [2.45, 2.75) is 71.4 Å². The maximum Gasteiger partial charge on any atom is 0.212 e. The molecule has 0 radical (unpaired) electrons. The molecular weight excluding hydrogens is 565 g/mol. The van der Waals surface area contributed by atoms with Gasteiger partial charge in [0.05, 0.1) is 21.3 Å². The van der Waals surface area contributed by atoms with Crippen molar-refractivity contribution in [1.29, 1.82) is 0 Å². The van der Waals surface area contributed by atoms with Gasteiger partial charge in [-0.25, -0.2) is 0 Å². The number of nitrogens with zero attached hydrogens (tertiary/aromatic N) is 1. The smallest absolute Gasteiger partial charge is 0.212 e. The van der Waals surface area contributed by atoms with Crippen molar-refractivity contribution < 1.29 is 18.8 Å². The molecular formula is C41H52BNO3. The van der Waals surface area contributed by atoms with Gasteiger partial charge in [-0.2, -0.15) is 29.8 Å². The SMILES string of the molecule is CCCC[B-](Cc1ccc(OC)cc1)(Cc1ccc(OC)cc1)Cc1ccc(OC)cc1.CCCC[n+]1cccc2ccccc21. The highest BCUT2D eigenvalue weighted by atomic mass is 16.5. The molecule has 5 heteroatoms. The molecule has 0 unspecified atom stereocenters. The Balaban J connectivity index is 0.000000284. The van der Waals surface area contributed by atoms with E-state index in [-0.39, 0.29) is 0 Å². The molecule has 4 aromatic carbocycles. The summed E-state index contributed by atoms with van der Waals surface area (Å²) in [5.41, 5.74) is 5.47. The highest BCUT2D eigenvalue weighted by Gasteiger charge is 2.26. The first-order valence-electron chi connectivity index (χ1n) is 17.0.